The Balaban J connectivity index is 1.82. The number of ether oxygens (including phenoxy) is 3. The molecule has 9 heteroatoms. The molecule has 0 fully saturated rings. The second kappa shape index (κ2) is 11.4. The largest absolute Gasteiger partial charge is 0.496 e. The average molecular weight is 606 g/mol. The van der Waals surface area contributed by atoms with Crippen LogP contribution < -0.4 is 24.4 Å². The number of carbonyl (C=O) groups is 1. The third kappa shape index (κ3) is 5.07. The zero-order valence-electron chi connectivity index (χ0n) is 21.5. The summed E-state index contributed by atoms with van der Waals surface area (Å²) in [5.74, 6) is 0.655. The number of nitrogens with zero attached hydrogens (tertiary/aromatic N) is 2. The smallest absolute Gasteiger partial charge is 0.338 e. The number of esters is 1. The Morgan fingerprint density at radius 3 is 2.33 bits per heavy atom. The van der Waals surface area contributed by atoms with Gasteiger partial charge in [-0.3, -0.25) is 9.36 Å². The van der Waals surface area contributed by atoms with Gasteiger partial charge >= 0.3 is 5.97 Å². The van der Waals surface area contributed by atoms with Crippen LogP contribution in [-0.4, -0.2) is 31.4 Å². The van der Waals surface area contributed by atoms with Crippen molar-refractivity contribution in [3.63, 3.8) is 0 Å². The minimum Gasteiger partial charge on any atom is -0.496 e. The van der Waals surface area contributed by atoms with E-state index < -0.39 is 12.0 Å². The number of rotatable bonds is 7. The number of hydrogen-bond acceptors (Lipinski definition) is 7. The van der Waals surface area contributed by atoms with Crippen LogP contribution in [0.25, 0.3) is 11.8 Å². The lowest BCUT2D eigenvalue weighted by molar-refractivity contribution is -0.138. The molecule has 0 bridgehead atoms. The molecular formula is C30H25BrN2O5S. The molecule has 0 unspecified atom stereocenters. The van der Waals surface area contributed by atoms with E-state index in [1.54, 1.807) is 37.9 Å². The number of fused-ring (bicyclic) bond motifs is 1. The van der Waals surface area contributed by atoms with Crippen molar-refractivity contribution < 1.29 is 19.0 Å². The highest BCUT2D eigenvalue weighted by molar-refractivity contribution is 9.10. The first-order chi connectivity index (χ1) is 19.0. The molecule has 39 heavy (non-hydrogen) atoms. The van der Waals surface area contributed by atoms with Crippen molar-refractivity contribution in [1.29, 1.82) is 0 Å². The van der Waals surface area contributed by atoms with Gasteiger partial charge in [-0.1, -0.05) is 72.0 Å². The maximum atomic E-state index is 14.0. The lowest BCUT2D eigenvalue weighted by atomic mass is 9.93. The molecule has 198 valence electrons. The summed E-state index contributed by atoms with van der Waals surface area (Å²) in [5, 5.41) is 0. The molecule has 4 aromatic rings. The highest BCUT2D eigenvalue weighted by Crippen LogP contribution is 2.36. The summed E-state index contributed by atoms with van der Waals surface area (Å²) < 4.78 is 19.2. The second-order valence-corrected chi connectivity index (χ2v) is 10.4. The van der Waals surface area contributed by atoms with Gasteiger partial charge in [-0.25, -0.2) is 9.79 Å². The van der Waals surface area contributed by atoms with E-state index in [4.69, 9.17) is 19.2 Å². The van der Waals surface area contributed by atoms with E-state index in [-0.39, 0.29) is 12.2 Å². The Bertz CT molecular complexity index is 1740. The summed E-state index contributed by atoms with van der Waals surface area (Å²) in [5.41, 5.74) is 2.77. The standard InChI is InChI=1S/C30H25BrN2O5S/c1-4-38-29(35)25-26(18-11-7-5-8-12-18)32-30-33(27(25)19-13-9-6-10-14-19)28(34)24(39-30)16-20-15-21(31)23(37-3)17-22(20)36-2/h5-17,27H,4H2,1-3H3/b24-16-/t27-/m1/s1. The molecule has 0 saturated carbocycles. The highest BCUT2D eigenvalue weighted by atomic mass is 79.9. The van der Waals surface area contributed by atoms with E-state index in [2.05, 4.69) is 15.9 Å². The fourth-order valence-corrected chi connectivity index (χ4v) is 6.04. The van der Waals surface area contributed by atoms with Gasteiger partial charge < -0.3 is 14.2 Å². The van der Waals surface area contributed by atoms with Crippen LogP contribution in [0.3, 0.4) is 0 Å². The van der Waals surface area contributed by atoms with Crippen molar-refractivity contribution in [1.82, 2.24) is 4.57 Å². The molecule has 1 aromatic heterocycles. The molecule has 0 saturated heterocycles. The zero-order chi connectivity index (χ0) is 27.5. The van der Waals surface area contributed by atoms with Crippen LogP contribution in [0.15, 0.2) is 92.6 Å². The number of hydrogen-bond donors (Lipinski definition) is 0. The molecule has 1 aliphatic rings. The van der Waals surface area contributed by atoms with Crippen LogP contribution in [-0.2, 0) is 9.53 Å². The number of carbonyl (C=O) groups excluding carboxylic acids is 1. The van der Waals surface area contributed by atoms with Crippen LogP contribution in [0.1, 0.15) is 29.7 Å². The minimum atomic E-state index is -0.719. The molecule has 7 nitrogen and oxygen atoms in total. The summed E-state index contributed by atoms with van der Waals surface area (Å²) in [6, 6.07) is 21.8. The first kappa shape index (κ1) is 26.6. The Labute approximate surface area is 237 Å². The topological polar surface area (TPSA) is 79.1 Å². The number of thiazole rings is 1. The monoisotopic (exact) mass is 604 g/mol. The van der Waals surface area contributed by atoms with E-state index in [9.17, 15) is 9.59 Å². The van der Waals surface area contributed by atoms with E-state index in [1.807, 2.05) is 66.7 Å². The number of methoxy groups -OCH3 is 2. The summed E-state index contributed by atoms with van der Waals surface area (Å²) in [7, 11) is 3.14. The van der Waals surface area contributed by atoms with Gasteiger partial charge in [0.2, 0.25) is 0 Å². The normalized spacial score (nSPS) is 15.0. The molecule has 0 N–H and O–H groups in total. The van der Waals surface area contributed by atoms with Crippen molar-refractivity contribution >= 4 is 45.0 Å². The third-order valence-electron chi connectivity index (χ3n) is 6.28. The van der Waals surface area contributed by atoms with E-state index in [0.29, 0.717) is 37.7 Å². The van der Waals surface area contributed by atoms with E-state index in [1.165, 1.54) is 11.3 Å². The molecule has 5 rings (SSSR count). The predicted molar refractivity (Wildman–Crippen MR) is 155 cm³/mol. The summed E-state index contributed by atoms with van der Waals surface area (Å²) >= 11 is 4.77. The highest BCUT2D eigenvalue weighted by Gasteiger charge is 2.35. The summed E-state index contributed by atoms with van der Waals surface area (Å²) in [6.45, 7) is 1.95. The fraction of sp³-hybridized carbons (Fsp3) is 0.167. The first-order valence-corrected chi connectivity index (χ1v) is 13.8. The van der Waals surface area contributed by atoms with Gasteiger partial charge in [0.15, 0.2) is 4.80 Å². The van der Waals surface area contributed by atoms with Crippen molar-refractivity contribution in [2.24, 2.45) is 4.99 Å². The van der Waals surface area contributed by atoms with Gasteiger partial charge in [-0.15, -0.1) is 0 Å². The molecule has 0 aliphatic carbocycles. The second-order valence-electron chi connectivity index (χ2n) is 8.57. The van der Waals surface area contributed by atoms with Gasteiger partial charge in [-0.2, -0.15) is 0 Å². The molecule has 2 heterocycles. The van der Waals surface area contributed by atoms with Crippen molar-refractivity contribution in [2.75, 3.05) is 20.8 Å². The zero-order valence-corrected chi connectivity index (χ0v) is 23.9. The van der Waals surface area contributed by atoms with Crippen LogP contribution in [0.4, 0.5) is 0 Å². The minimum absolute atomic E-state index is 0.197. The van der Waals surface area contributed by atoms with Gasteiger partial charge in [0.05, 0.1) is 47.1 Å². The molecule has 1 atom stereocenters. The average Bonchev–Trinajstić information content (AvgIpc) is 3.27. The fourth-order valence-electron chi connectivity index (χ4n) is 4.53. The number of benzene rings is 3. The van der Waals surface area contributed by atoms with Gasteiger partial charge in [0.25, 0.3) is 5.56 Å². The van der Waals surface area contributed by atoms with Crippen LogP contribution in [0.5, 0.6) is 11.5 Å². The SMILES string of the molecule is CCOC(=O)C1=C(c2ccccc2)N=c2s/c(=C\c3cc(Br)c(OC)cc3OC)c(=O)n2[C@@H]1c1ccccc1. The lowest BCUT2D eigenvalue weighted by Gasteiger charge is -2.25. The van der Waals surface area contributed by atoms with Crippen LogP contribution >= 0.6 is 27.3 Å². The molecule has 0 spiro atoms. The number of aromatic nitrogens is 1. The van der Waals surface area contributed by atoms with E-state index >= 15 is 0 Å². The van der Waals surface area contributed by atoms with Crippen molar-refractivity contribution in [3.05, 3.63) is 119 Å². The molecule has 1 aliphatic heterocycles. The molecular weight excluding hydrogens is 580 g/mol. The Kier molecular flexibility index (Phi) is 7.81. The van der Waals surface area contributed by atoms with Crippen molar-refractivity contribution in [3.8, 4) is 11.5 Å². The summed E-state index contributed by atoms with van der Waals surface area (Å²) in [6.07, 6.45) is 1.77. The number of halogens is 1. The quantitative estimate of drug-likeness (QED) is 0.285. The van der Waals surface area contributed by atoms with Crippen LogP contribution in [0.2, 0.25) is 0 Å². The molecule has 3 aromatic carbocycles. The Morgan fingerprint density at radius 2 is 1.69 bits per heavy atom. The molecule has 0 amide bonds. The van der Waals surface area contributed by atoms with E-state index in [0.717, 1.165) is 15.6 Å². The maximum Gasteiger partial charge on any atom is 0.338 e. The first-order valence-electron chi connectivity index (χ1n) is 12.2. The third-order valence-corrected chi connectivity index (χ3v) is 7.88. The Morgan fingerprint density at radius 1 is 1.03 bits per heavy atom. The Hall–Kier alpha value is -3.95. The molecule has 0 radical (unpaired) electrons. The van der Waals surface area contributed by atoms with Crippen molar-refractivity contribution in [2.45, 2.75) is 13.0 Å². The van der Waals surface area contributed by atoms with Crippen LogP contribution in [0, 0.1) is 0 Å². The van der Waals surface area contributed by atoms with Gasteiger partial charge in [-0.05, 0) is 40.6 Å². The van der Waals surface area contributed by atoms with Gasteiger partial charge in [0.1, 0.15) is 11.5 Å². The predicted octanol–water partition coefficient (Wildman–Crippen LogP) is 4.72. The summed E-state index contributed by atoms with van der Waals surface area (Å²) in [4.78, 5) is 32.8. The van der Waals surface area contributed by atoms with Gasteiger partial charge in [0, 0.05) is 17.2 Å². The maximum absolute atomic E-state index is 14.0. The lowest BCUT2D eigenvalue weighted by Crippen LogP contribution is -2.40.